The fourth-order valence-corrected chi connectivity index (χ4v) is 8.13. The second-order valence-electron chi connectivity index (χ2n) is 14.4. The standard InChI is InChI=1S/C53H34N4O/c1-3-16-38(17-4-1)51-54-52(39-18-5-2-6-19-39)56-53(55-51)44-23-12-26-47-49(44)50-46(25-13-27-48(50)58-47)57(45-24-11-21-37-15-9-10-22-43(37)45)42-32-30-36(31-33-42)41-29-28-35-14-7-8-20-40(35)34-41/h1-34H. The molecule has 0 unspecified atom stereocenters. The first kappa shape index (κ1) is 33.4. The van der Waals surface area contributed by atoms with E-state index in [0.717, 1.165) is 72.0 Å². The van der Waals surface area contributed by atoms with E-state index in [1.807, 2.05) is 78.9 Å². The number of benzene rings is 9. The SMILES string of the molecule is c1ccc(-c2nc(-c3ccccc3)nc(-c3cccc4oc5cccc(N(c6ccc(-c7ccc8ccccc8c7)cc6)c6cccc7ccccc67)c5c34)n2)cc1. The van der Waals surface area contributed by atoms with Gasteiger partial charge in [0.1, 0.15) is 11.2 Å². The molecule has 2 aromatic heterocycles. The van der Waals surface area contributed by atoms with Crippen LogP contribution in [0, 0.1) is 0 Å². The zero-order chi connectivity index (χ0) is 38.4. The molecule has 2 heterocycles. The Morgan fingerprint density at radius 3 is 1.64 bits per heavy atom. The fraction of sp³-hybridized carbons (Fsp3) is 0. The number of nitrogens with zero attached hydrogens (tertiary/aromatic N) is 4. The van der Waals surface area contributed by atoms with Gasteiger partial charge in [0, 0.05) is 33.2 Å². The van der Waals surface area contributed by atoms with Gasteiger partial charge in [-0.05, 0) is 69.8 Å². The largest absolute Gasteiger partial charge is 0.456 e. The molecule has 0 radical (unpaired) electrons. The maximum Gasteiger partial charge on any atom is 0.164 e. The molecule has 11 aromatic rings. The normalized spacial score (nSPS) is 11.4. The van der Waals surface area contributed by atoms with Gasteiger partial charge in [-0.25, -0.2) is 15.0 Å². The fourth-order valence-electron chi connectivity index (χ4n) is 8.13. The Bertz CT molecular complexity index is 3220. The van der Waals surface area contributed by atoms with Crippen molar-refractivity contribution in [3.05, 3.63) is 206 Å². The van der Waals surface area contributed by atoms with Crippen molar-refractivity contribution >= 4 is 60.5 Å². The maximum atomic E-state index is 6.71. The summed E-state index contributed by atoms with van der Waals surface area (Å²) in [6.45, 7) is 0. The summed E-state index contributed by atoms with van der Waals surface area (Å²) in [7, 11) is 0. The van der Waals surface area contributed by atoms with E-state index in [-0.39, 0.29) is 0 Å². The van der Waals surface area contributed by atoms with Crippen molar-refractivity contribution in [1.29, 1.82) is 0 Å². The van der Waals surface area contributed by atoms with Crippen molar-refractivity contribution in [2.24, 2.45) is 0 Å². The van der Waals surface area contributed by atoms with E-state index in [0.29, 0.717) is 17.5 Å². The summed E-state index contributed by atoms with van der Waals surface area (Å²) in [5.41, 5.74) is 9.64. The lowest BCUT2D eigenvalue weighted by molar-refractivity contribution is 0.669. The zero-order valence-corrected chi connectivity index (χ0v) is 31.3. The van der Waals surface area contributed by atoms with Gasteiger partial charge in [-0.15, -0.1) is 0 Å². The summed E-state index contributed by atoms with van der Waals surface area (Å²) in [6.07, 6.45) is 0. The highest BCUT2D eigenvalue weighted by molar-refractivity contribution is 6.19. The van der Waals surface area contributed by atoms with Gasteiger partial charge < -0.3 is 9.32 Å². The van der Waals surface area contributed by atoms with Crippen LogP contribution in [0.15, 0.2) is 211 Å². The topological polar surface area (TPSA) is 55.1 Å². The Hall–Kier alpha value is -7.89. The first-order valence-corrected chi connectivity index (χ1v) is 19.4. The molecule has 0 N–H and O–H groups in total. The first-order chi connectivity index (χ1) is 28.7. The number of hydrogen-bond donors (Lipinski definition) is 0. The van der Waals surface area contributed by atoms with Crippen LogP contribution in [0.2, 0.25) is 0 Å². The Balaban J connectivity index is 1.14. The molecule has 0 aliphatic rings. The third-order valence-corrected chi connectivity index (χ3v) is 10.9. The van der Waals surface area contributed by atoms with Gasteiger partial charge in [0.15, 0.2) is 17.5 Å². The summed E-state index contributed by atoms with van der Waals surface area (Å²) in [6, 6.07) is 71.7. The summed E-state index contributed by atoms with van der Waals surface area (Å²) in [5, 5.41) is 6.68. The van der Waals surface area contributed by atoms with Crippen LogP contribution in [-0.4, -0.2) is 15.0 Å². The number of anilines is 3. The summed E-state index contributed by atoms with van der Waals surface area (Å²) in [4.78, 5) is 17.6. The lowest BCUT2D eigenvalue weighted by Gasteiger charge is -2.28. The molecular formula is C53H34N4O. The molecule has 0 bridgehead atoms. The maximum absolute atomic E-state index is 6.71. The molecule has 0 spiro atoms. The van der Waals surface area contributed by atoms with Crippen LogP contribution in [0.25, 0.3) is 88.8 Å². The number of fused-ring (bicyclic) bond motifs is 5. The van der Waals surface area contributed by atoms with Crippen molar-refractivity contribution in [3.63, 3.8) is 0 Å². The highest BCUT2D eigenvalue weighted by Crippen LogP contribution is 2.47. The van der Waals surface area contributed by atoms with Crippen LogP contribution in [0.5, 0.6) is 0 Å². The molecule has 11 rings (SSSR count). The predicted octanol–water partition coefficient (Wildman–Crippen LogP) is 14.2. The van der Waals surface area contributed by atoms with Crippen LogP contribution in [0.3, 0.4) is 0 Å². The van der Waals surface area contributed by atoms with E-state index in [9.17, 15) is 0 Å². The predicted molar refractivity (Wildman–Crippen MR) is 239 cm³/mol. The van der Waals surface area contributed by atoms with Gasteiger partial charge >= 0.3 is 0 Å². The Labute approximate surface area is 335 Å². The Morgan fingerprint density at radius 1 is 0.345 bits per heavy atom. The van der Waals surface area contributed by atoms with E-state index in [4.69, 9.17) is 19.4 Å². The second kappa shape index (κ2) is 14.0. The number of hydrogen-bond acceptors (Lipinski definition) is 5. The van der Waals surface area contributed by atoms with Crippen LogP contribution >= 0.6 is 0 Å². The number of furan rings is 1. The lowest BCUT2D eigenvalue weighted by Crippen LogP contribution is -2.11. The molecule has 0 fully saturated rings. The molecular weight excluding hydrogens is 709 g/mol. The molecule has 272 valence electrons. The Morgan fingerprint density at radius 2 is 0.897 bits per heavy atom. The summed E-state index contributed by atoms with van der Waals surface area (Å²) >= 11 is 0. The quantitative estimate of drug-likeness (QED) is 0.163. The van der Waals surface area contributed by atoms with Crippen molar-refractivity contribution < 1.29 is 4.42 Å². The van der Waals surface area contributed by atoms with Gasteiger partial charge in [0.25, 0.3) is 0 Å². The molecule has 0 saturated heterocycles. The molecule has 0 saturated carbocycles. The molecule has 0 amide bonds. The minimum atomic E-state index is 0.576. The molecule has 5 nitrogen and oxygen atoms in total. The van der Waals surface area contributed by atoms with Crippen LogP contribution in [-0.2, 0) is 0 Å². The van der Waals surface area contributed by atoms with Gasteiger partial charge in [0.05, 0.1) is 16.8 Å². The summed E-state index contributed by atoms with van der Waals surface area (Å²) in [5.74, 6) is 1.80. The molecule has 0 aliphatic heterocycles. The van der Waals surface area contributed by atoms with Gasteiger partial charge in [-0.1, -0.05) is 164 Å². The number of aromatic nitrogens is 3. The second-order valence-corrected chi connectivity index (χ2v) is 14.4. The van der Waals surface area contributed by atoms with Crippen LogP contribution in [0.4, 0.5) is 17.1 Å². The van der Waals surface area contributed by atoms with Crippen LogP contribution in [0.1, 0.15) is 0 Å². The average molecular weight is 743 g/mol. The molecule has 9 aromatic carbocycles. The average Bonchev–Trinajstić information content (AvgIpc) is 3.69. The minimum Gasteiger partial charge on any atom is -0.456 e. The highest BCUT2D eigenvalue weighted by Gasteiger charge is 2.24. The van der Waals surface area contributed by atoms with E-state index < -0.39 is 0 Å². The van der Waals surface area contributed by atoms with E-state index in [2.05, 4.69) is 132 Å². The minimum absolute atomic E-state index is 0.576. The Kier molecular flexibility index (Phi) is 8.07. The molecule has 0 atom stereocenters. The van der Waals surface area contributed by atoms with Crippen molar-refractivity contribution in [3.8, 4) is 45.3 Å². The first-order valence-electron chi connectivity index (χ1n) is 19.4. The monoisotopic (exact) mass is 742 g/mol. The van der Waals surface area contributed by atoms with Crippen molar-refractivity contribution in [2.75, 3.05) is 4.90 Å². The lowest BCUT2D eigenvalue weighted by atomic mass is 9.99. The number of rotatable bonds is 7. The molecule has 58 heavy (non-hydrogen) atoms. The van der Waals surface area contributed by atoms with E-state index in [1.165, 1.54) is 16.3 Å². The van der Waals surface area contributed by atoms with E-state index in [1.54, 1.807) is 0 Å². The van der Waals surface area contributed by atoms with Crippen molar-refractivity contribution in [2.45, 2.75) is 0 Å². The molecule has 0 aliphatic carbocycles. The van der Waals surface area contributed by atoms with Gasteiger partial charge in [0.2, 0.25) is 0 Å². The summed E-state index contributed by atoms with van der Waals surface area (Å²) < 4.78 is 6.71. The smallest absolute Gasteiger partial charge is 0.164 e. The van der Waals surface area contributed by atoms with Gasteiger partial charge in [-0.3, -0.25) is 0 Å². The van der Waals surface area contributed by atoms with Crippen molar-refractivity contribution in [1.82, 2.24) is 15.0 Å². The third kappa shape index (κ3) is 5.85. The third-order valence-electron chi connectivity index (χ3n) is 10.9. The van der Waals surface area contributed by atoms with Crippen LogP contribution < -0.4 is 4.90 Å². The van der Waals surface area contributed by atoms with Gasteiger partial charge in [-0.2, -0.15) is 0 Å². The molecule has 5 heteroatoms. The highest BCUT2D eigenvalue weighted by atomic mass is 16.3. The zero-order valence-electron chi connectivity index (χ0n) is 31.3. The van der Waals surface area contributed by atoms with E-state index >= 15 is 0 Å².